The molecule has 1 aromatic heterocycles. The predicted octanol–water partition coefficient (Wildman–Crippen LogP) is 4.87. The number of hydrogen-bond donors (Lipinski definition) is 3. The third-order valence-electron chi connectivity index (χ3n) is 8.01. The number of methoxy groups -OCH3 is 1. The number of nitrogens with zero attached hydrogens (tertiary/aromatic N) is 1. The minimum Gasteiger partial charge on any atom is -0.497 e. The van der Waals surface area contributed by atoms with E-state index in [0.29, 0.717) is 43.3 Å². The quantitative estimate of drug-likeness (QED) is 0.532. The zero-order valence-corrected chi connectivity index (χ0v) is 21.0. The maximum absolute atomic E-state index is 13.7. The molecule has 1 saturated heterocycles. The number of fused-ring (bicyclic) bond motifs is 2. The first-order valence-electron chi connectivity index (χ1n) is 13.2. The van der Waals surface area contributed by atoms with Crippen molar-refractivity contribution in [3.8, 4) is 5.75 Å². The van der Waals surface area contributed by atoms with Crippen LogP contribution < -0.4 is 20.7 Å². The van der Waals surface area contributed by atoms with Crippen LogP contribution in [0.1, 0.15) is 63.4 Å². The van der Waals surface area contributed by atoms with Gasteiger partial charge in [-0.05, 0) is 55.4 Å². The summed E-state index contributed by atoms with van der Waals surface area (Å²) >= 11 is 0. The Bertz CT molecular complexity index is 1090. The molecule has 2 amide bonds. The smallest absolute Gasteiger partial charge is 0.247 e. The fraction of sp³-hybridized carbons (Fsp3) is 0.536. The van der Waals surface area contributed by atoms with E-state index in [2.05, 4.69) is 20.9 Å². The van der Waals surface area contributed by atoms with E-state index >= 15 is 0 Å². The van der Waals surface area contributed by atoms with Gasteiger partial charge in [-0.3, -0.25) is 9.59 Å². The number of aromatic nitrogens is 1. The van der Waals surface area contributed by atoms with E-state index in [4.69, 9.17) is 9.47 Å². The molecule has 2 fully saturated rings. The molecular formula is C28H36N4O4. The molecule has 1 atom stereocenters. The molecule has 192 valence electrons. The molecule has 0 bridgehead atoms. The maximum Gasteiger partial charge on any atom is 0.247 e. The van der Waals surface area contributed by atoms with Crippen molar-refractivity contribution in [3.05, 3.63) is 42.1 Å². The lowest BCUT2D eigenvalue weighted by molar-refractivity contribution is -0.124. The first-order valence-corrected chi connectivity index (χ1v) is 13.2. The molecule has 2 aliphatic heterocycles. The molecule has 2 aromatic rings. The number of carbonyl (C=O) groups is 2. The van der Waals surface area contributed by atoms with Crippen molar-refractivity contribution in [1.29, 1.82) is 0 Å². The Morgan fingerprint density at radius 1 is 1.11 bits per heavy atom. The SMILES string of the molecule is COc1ccnc(NC(C(=O)Nc2ccc3c(c2)NC(=O)C32CCOCC2)C2CCCCCCC2)c1. The molecule has 8 heteroatoms. The fourth-order valence-corrected chi connectivity index (χ4v) is 5.94. The Kier molecular flexibility index (Phi) is 7.41. The zero-order chi connectivity index (χ0) is 25.0. The summed E-state index contributed by atoms with van der Waals surface area (Å²) in [5, 5.41) is 9.58. The standard InChI is InChI=1S/C28H36N4O4/c1-35-21-11-14-29-24(18-21)32-25(19-7-5-3-2-4-6-8-19)26(33)30-20-9-10-22-23(17-20)31-27(34)28(22)12-15-36-16-13-28/h9-11,14,17-19,25H,2-8,12-13,15-16H2,1H3,(H,29,32)(H,30,33)(H,31,34). The highest BCUT2D eigenvalue weighted by atomic mass is 16.5. The molecule has 5 rings (SSSR count). The highest BCUT2D eigenvalue weighted by Crippen LogP contribution is 2.45. The lowest BCUT2D eigenvalue weighted by Crippen LogP contribution is -2.41. The molecule has 8 nitrogen and oxygen atoms in total. The Morgan fingerprint density at radius 3 is 2.61 bits per heavy atom. The van der Waals surface area contributed by atoms with Crippen molar-refractivity contribution in [2.45, 2.75) is 69.2 Å². The van der Waals surface area contributed by atoms with Gasteiger partial charge in [-0.1, -0.05) is 38.2 Å². The first-order chi connectivity index (χ1) is 17.6. The Balaban J connectivity index is 1.37. The monoisotopic (exact) mass is 492 g/mol. The van der Waals surface area contributed by atoms with Crippen LogP contribution in [-0.4, -0.2) is 43.2 Å². The van der Waals surface area contributed by atoms with Crippen LogP contribution in [0.5, 0.6) is 5.75 Å². The molecule has 1 aliphatic carbocycles. The molecule has 1 aromatic carbocycles. The minimum atomic E-state index is -0.517. The van der Waals surface area contributed by atoms with Crippen LogP contribution in [0.2, 0.25) is 0 Å². The van der Waals surface area contributed by atoms with E-state index in [1.54, 1.807) is 19.4 Å². The largest absolute Gasteiger partial charge is 0.497 e. The van der Waals surface area contributed by atoms with Crippen LogP contribution in [0, 0.1) is 5.92 Å². The number of nitrogens with one attached hydrogen (secondary N) is 3. The number of anilines is 3. The van der Waals surface area contributed by atoms with Gasteiger partial charge in [-0.25, -0.2) is 4.98 Å². The van der Waals surface area contributed by atoms with Crippen molar-refractivity contribution in [2.75, 3.05) is 36.3 Å². The van der Waals surface area contributed by atoms with Crippen LogP contribution >= 0.6 is 0 Å². The van der Waals surface area contributed by atoms with Gasteiger partial charge in [0.15, 0.2) is 0 Å². The van der Waals surface area contributed by atoms with Gasteiger partial charge in [-0.15, -0.1) is 0 Å². The van der Waals surface area contributed by atoms with Gasteiger partial charge >= 0.3 is 0 Å². The van der Waals surface area contributed by atoms with Gasteiger partial charge in [0.05, 0.1) is 12.5 Å². The Morgan fingerprint density at radius 2 is 1.86 bits per heavy atom. The first kappa shape index (κ1) is 24.6. The lowest BCUT2D eigenvalue weighted by Gasteiger charge is -2.31. The average Bonchev–Trinajstić information content (AvgIpc) is 3.13. The number of hydrogen-bond acceptors (Lipinski definition) is 6. The predicted molar refractivity (Wildman–Crippen MR) is 139 cm³/mol. The van der Waals surface area contributed by atoms with Crippen molar-refractivity contribution in [3.63, 3.8) is 0 Å². The van der Waals surface area contributed by atoms with E-state index in [9.17, 15) is 9.59 Å². The fourth-order valence-electron chi connectivity index (χ4n) is 5.94. The summed E-state index contributed by atoms with van der Waals surface area (Å²) in [4.78, 5) is 31.0. The van der Waals surface area contributed by atoms with Gasteiger partial charge in [0.25, 0.3) is 0 Å². The summed E-state index contributed by atoms with van der Waals surface area (Å²) in [7, 11) is 1.62. The second kappa shape index (κ2) is 10.9. The molecule has 36 heavy (non-hydrogen) atoms. The maximum atomic E-state index is 13.7. The number of rotatable bonds is 6. The molecule has 1 unspecified atom stereocenters. The topological polar surface area (TPSA) is 102 Å². The summed E-state index contributed by atoms with van der Waals surface area (Å²) < 4.78 is 10.9. The number of amides is 2. The molecule has 0 radical (unpaired) electrons. The van der Waals surface area contributed by atoms with E-state index in [1.165, 1.54) is 19.3 Å². The minimum absolute atomic E-state index is 0.0300. The second-order valence-corrected chi connectivity index (χ2v) is 10.2. The van der Waals surface area contributed by atoms with Gasteiger partial charge in [0, 0.05) is 36.9 Å². The number of ether oxygens (including phenoxy) is 2. The number of carbonyl (C=O) groups excluding carboxylic acids is 2. The summed E-state index contributed by atoms with van der Waals surface area (Å²) in [5.41, 5.74) is 1.95. The Labute approximate surface area is 212 Å². The average molecular weight is 493 g/mol. The summed E-state index contributed by atoms with van der Waals surface area (Å²) in [6, 6.07) is 8.96. The highest BCUT2D eigenvalue weighted by Gasteiger charge is 2.47. The molecule has 1 saturated carbocycles. The van der Waals surface area contributed by atoms with Gasteiger partial charge in [-0.2, -0.15) is 0 Å². The normalized spacial score (nSPS) is 20.5. The molecule has 3 aliphatic rings. The van der Waals surface area contributed by atoms with Crippen LogP contribution in [0.25, 0.3) is 0 Å². The van der Waals surface area contributed by atoms with Crippen molar-refractivity contribution in [2.24, 2.45) is 5.92 Å². The number of pyridine rings is 1. The molecule has 3 heterocycles. The van der Waals surface area contributed by atoms with Gasteiger partial charge in [0.2, 0.25) is 11.8 Å². The van der Waals surface area contributed by atoms with Gasteiger partial charge < -0.3 is 25.4 Å². The zero-order valence-electron chi connectivity index (χ0n) is 21.0. The van der Waals surface area contributed by atoms with E-state index in [1.807, 2.05) is 24.3 Å². The third-order valence-corrected chi connectivity index (χ3v) is 8.01. The summed E-state index contributed by atoms with van der Waals surface area (Å²) in [5.74, 6) is 1.47. The van der Waals surface area contributed by atoms with E-state index in [0.717, 1.165) is 36.9 Å². The molecule has 3 N–H and O–H groups in total. The molecular weight excluding hydrogens is 456 g/mol. The highest BCUT2D eigenvalue weighted by molar-refractivity contribution is 6.07. The van der Waals surface area contributed by atoms with Crippen LogP contribution in [0.4, 0.5) is 17.2 Å². The summed E-state index contributed by atoms with van der Waals surface area (Å²) in [6.07, 6.45) is 11.0. The second-order valence-electron chi connectivity index (χ2n) is 10.2. The lowest BCUT2D eigenvalue weighted by atomic mass is 9.75. The van der Waals surface area contributed by atoms with Crippen molar-refractivity contribution >= 4 is 29.0 Å². The third kappa shape index (κ3) is 5.05. The van der Waals surface area contributed by atoms with Gasteiger partial charge in [0.1, 0.15) is 17.6 Å². The van der Waals surface area contributed by atoms with Crippen LogP contribution in [0.3, 0.4) is 0 Å². The van der Waals surface area contributed by atoms with Crippen LogP contribution in [-0.2, 0) is 19.7 Å². The number of benzene rings is 1. The Hall–Kier alpha value is -3.13. The van der Waals surface area contributed by atoms with Crippen molar-refractivity contribution < 1.29 is 19.1 Å². The van der Waals surface area contributed by atoms with Crippen molar-refractivity contribution in [1.82, 2.24) is 4.98 Å². The van der Waals surface area contributed by atoms with E-state index < -0.39 is 11.5 Å². The molecule has 1 spiro atoms. The summed E-state index contributed by atoms with van der Waals surface area (Å²) in [6.45, 7) is 1.16. The van der Waals surface area contributed by atoms with E-state index in [-0.39, 0.29) is 17.7 Å². The van der Waals surface area contributed by atoms with Crippen LogP contribution in [0.15, 0.2) is 36.5 Å².